The zero-order valence-corrected chi connectivity index (χ0v) is 12.8. The highest BCUT2D eigenvalue weighted by atomic mass is 16.5. The van der Waals surface area contributed by atoms with Crippen molar-refractivity contribution in [2.24, 2.45) is 0 Å². The van der Waals surface area contributed by atoms with Gasteiger partial charge in [0.25, 0.3) is 0 Å². The quantitative estimate of drug-likeness (QED) is 0.811. The van der Waals surface area contributed by atoms with Crippen LogP contribution in [0.5, 0.6) is 11.5 Å². The Balaban J connectivity index is 1.76. The normalized spacial score (nSPS) is 23.6. The van der Waals surface area contributed by atoms with Gasteiger partial charge in [0.15, 0.2) is 11.5 Å². The Hall–Kier alpha value is -1.26. The average molecular weight is 278 g/mol. The highest BCUT2D eigenvalue weighted by Crippen LogP contribution is 2.25. The number of hydrogen-bond donors (Lipinski definition) is 1. The predicted octanol–water partition coefficient (Wildman–Crippen LogP) is 2.84. The minimum absolute atomic E-state index is 0.602. The average Bonchev–Trinajstić information content (AvgIpc) is 2.46. The van der Waals surface area contributed by atoms with Crippen molar-refractivity contribution < 1.29 is 9.47 Å². The van der Waals surface area contributed by atoms with Gasteiger partial charge in [-0.05, 0) is 38.8 Å². The number of hydrazine groups is 1. The number of hydrogen-bond acceptors (Lipinski definition) is 4. The molecule has 1 heterocycles. The number of benzene rings is 1. The van der Waals surface area contributed by atoms with Crippen LogP contribution in [0.2, 0.25) is 0 Å². The maximum absolute atomic E-state index is 5.78. The third kappa shape index (κ3) is 3.87. The van der Waals surface area contributed by atoms with Gasteiger partial charge in [-0.3, -0.25) is 5.43 Å². The first-order valence-corrected chi connectivity index (χ1v) is 7.50. The van der Waals surface area contributed by atoms with Crippen LogP contribution in [0.1, 0.15) is 33.1 Å². The number of para-hydroxylation sites is 2. The highest BCUT2D eigenvalue weighted by Gasteiger charge is 2.23. The van der Waals surface area contributed by atoms with E-state index in [4.69, 9.17) is 9.47 Å². The van der Waals surface area contributed by atoms with E-state index >= 15 is 0 Å². The van der Waals surface area contributed by atoms with Crippen LogP contribution in [0, 0.1) is 0 Å². The van der Waals surface area contributed by atoms with Crippen molar-refractivity contribution in [3.63, 3.8) is 0 Å². The molecule has 1 aliphatic rings. The highest BCUT2D eigenvalue weighted by molar-refractivity contribution is 5.39. The van der Waals surface area contributed by atoms with Gasteiger partial charge < -0.3 is 9.47 Å². The summed E-state index contributed by atoms with van der Waals surface area (Å²) in [6.45, 7) is 6.01. The Morgan fingerprint density at radius 1 is 1.15 bits per heavy atom. The van der Waals surface area contributed by atoms with Crippen LogP contribution < -0.4 is 14.9 Å². The Kier molecular flexibility index (Phi) is 5.68. The minimum Gasteiger partial charge on any atom is -0.493 e. The molecule has 1 aromatic carbocycles. The molecule has 2 rings (SSSR count). The molecule has 0 amide bonds. The van der Waals surface area contributed by atoms with Gasteiger partial charge in [-0.1, -0.05) is 18.6 Å². The van der Waals surface area contributed by atoms with Gasteiger partial charge in [0.1, 0.15) is 6.61 Å². The van der Waals surface area contributed by atoms with Crippen LogP contribution in [0.3, 0.4) is 0 Å². The summed E-state index contributed by atoms with van der Waals surface area (Å²) in [5, 5.41) is 2.37. The minimum atomic E-state index is 0.602. The summed E-state index contributed by atoms with van der Waals surface area (Å²) in [6, 6.07) is 8.96. The lowest BCUT2D eigenvalue weighted by molar-refractivity contribution is 0.0415. The molecule has 4 nitrogen and oxygen atoms in total. The molecule has 0 saturated carbocycles. The number of ether oxygens (including phenoxy) is 2. The van der Waals surface area contributed by atoms with Gasteiger partial charge in [0.2, 0.25) is 0 Å². The van der Waals surface area contributed by atoms with Crippen LogP contribution in [-0.4, -0.2) is 37.4 Å². The summed E-state index contributed by atoms with van der Waals surface area (Å²) in [6.07, 6.45) is 3.87. The van der Waals surface area contributed by atoms with Crippen LogP contribution >= 0.6 is 0 Å². The second kappa shape index (κ2) is 7.50. The molecule has 1 aromatic rings. The Bertz CT molecular complexity index is 401. The Labute approximate surface area is 122 Å². The zero-order valence-electron chi connectivity index (χ0n) is 12.8. The fraction of sp³-hybridized carbons (Fsp3) is 0.625. The molecule has 2 unspecified atom stereocenters. The van der Waals surface area contributed by atoms with Gasteiger partial charge in [-0.2, -0.15) is 0 Å². The molecule has 1 saturated heterocycles. The molecule has 1 aliphatic heterocycles. The first-order valence-electron chi connectivity index (χ1n) is 7.50. The van der Waals surface area contributed by atoms with Crippen molar-refractivity contribution in [2.75, 3.05) is 20.3 Å². The summed E-state index contributed by atoms with van der Waals surface area (Å²) in [4.78, 5) is 0. The van der Waals surface area contributed by atoms with Crippen molar-refractivity contribution >= 4 is 0 Å². The Morgan fingerprint density at radius 2 is 1.80 bits per heavy atom. The summed E-state index contributed by atoms with van der Waals surface area (Å²) >= 11 is 0. The monoisotopic (exact) mass is 278 g/mol. The van der Waals surface area contributed by atoms with Gasteiger partial charge in [0.05, 0.1) is 7.11 Å². The molecule has 0 bridgehead atoms. The number of nitrogens with one attached hydrogen (secondary N) is 1. The molecular weight excluding hydrogens is 252 g/mol. The van der Waals surface area contributed by atoms with Crippen molar-refractivity contribution in [3.05, 3.63) is 24.3 Å². The molecule has 4 heteroatoms. The lowest BCUT2D eigenvalue weighted by Gasteiger charge is -2.39. The SMILES string of the molecule is COc1ccccc1OCCNN1C(C)CCCC1C. The fourth-order valence-corrected chi connectivity index (χ4v) is 2.81. The summed E-state index contributed by atoms with van der Waals surface area (Å²) < 4.78 is 11.0. The second-order valence-electron chi connectivity index (χ2n) is 5.44. The van der Waals surface area contributed by atoms with E-state index in [9.17, 15) is 0 Å². The van der Waals surface area contributed by atoms with Crippen LogP contribution in [0.4, 0.5) is 0 Å². The maximum Gasteiger partial charge on any atom is 0.161 e. The number of piperidine rings is 1. The van der Waals surface area contributed by atoms with Crippen LogP contribution in [0.25, 0.3) is 0 Å². The van der Waals surface area contributed by atoms with E-state index in [0.717, 1.165) is 18.0 Å². The van der Waals surface area contributed by atoms with Crippen molar-refractivity contribution in [2.45, 2.75) is 45.2 Å². The van der Waals surface area contributed by atoms with Crippen molar-refractivity contribution in [3.8, 4) is 11.5 Å². The molecule has 112 valence electrons. The zero-order chi connectivity index (χ0) is 14.4. The summed E-state index contributed by atoms with van der Waals surface area (Å²) in [7, 11) is 1.66. The van der Waals surface area contributed by atoms with E-state index in [1.807, 2.05) is 24.3 Å². The number of methoxy groups -OCH3 is 1. The van der Waals surface area contributed by atoms with E-state index in [2.05, 4.69) is 24.3 Å². The molecule has 0 aliphatic carbocycles. The molecule has 1 fully saturated rings. The smallest absolute Gasteiger partial charge is 0.161 e. The molecule has 0 spiro atoms. The van der Waals surface area contributed by atoms with Crippen molar-refractivity contribution in [1.82, 2.24) is 10.4 Å². The second-order valence-corrected chi connectivity index (χ2v) is 5.44. The van der Waals surface area contributed by atoms with Gasteiger partial charge >= 0.3 is 0 Å². The lowest BCUT2D eigenvalue weighted by atomic mass is 10.00. The van der Waals surface area contributed by atoms with Gasteiger partial charge in [0, 0.05) is 18.6 Å². The molecular formula is C16H26N2O2. The molecule has 1 N–H and O–H groups in total. The van der Waals surface area contributed by atoms with E-state index in [1.165, 1.54) is 19.3 Å². The number of rotatable bonds is 6. The van der Waals surface area contributed by atoms with Gasteiger partial charge in [-0.15, -0.1) is 0 Å². The van der Waals surface area contributed by atoms with E-state index in [0.29, 0.717) is 18.7 Å². The topological polar surface area (TPSA) is 33.7 Å². The predicted molar refractivity (Wildman–Crippen MR) is 81.1 cm³/mol. The van der Waals surface area contributed by atoms with E-state index in [1.54, 1.807) is 7.11 Å². The largest absolute Gasteiger partial charge is 0.493 e. The lowest BCUT2D eigenvalue weighted by Crippen LogP contribution is -2.52. The summed E-state index contributed by atoms with van der Waals surface area (Å²) in [5.74, 6) is 1.59. The van der Waals surface area contributed by atoms with E-state index < -0.39 is 0 Å². The first kappa shape index (κ1) is 15.1. The standard InChI is InChI=1S/C16H26N2O2/c1-13-7-6-8-14(2)18(13)17-11-12-20-16-10-5-4-9-15(16)19-3/h4-5,9-10,13-14,17H,6-8,11-12H2,1-3H3. The number of nitrogens with zero attached hydrogens (tertiary/aromatic N) is 1. The van der Waals surface area contributed by atoms with Crippen molar-refractivity contribution in [1.29, 1.82) is 0 Å². The Morgan fingerprint density at radius 3 is 2.45 bits per heavy atom. The maximum atomic E-state index is 5.78. The van der Waals surface area contributed by atoms with Crippen LogP contribution in [-0.2, 0) is 0 Å². The van der Waals surface area contributed by atoms with Gasteiger partial charge in [-0.25, -0.2) is 5.01 Å². The molecule has 20 heavy (non-hydrogen) atoms. The van der Waals surface area contributed by atoms with Crippen LogP contribution in [0.15, 0.2) is 24.3 Å². The third-order valence-corrected chi connectivity index (χ3v) is 3.92. The van der Waals surface area contributed by atoms with E-state index in [-0.39, 0.29) is 0 Å². The molecule has 0 aromatic heterocycles. The third-order valence-electron chi connectivity index (χ3n) is 3.92. The fourth-order valence-electron chi connectivity index (χ4n) is 2.81. The summed E-state index contributed by atoms with van der Waals surface area (Å²) in [5.41, 5.74) is 3.50. The molecule has 0 radical (unpaired) electrons. The molecule has 2 atom stereocenters. The first-order chi connectivity index (χ1) is 9.72.